The van der Waals surface area contributed by atoms with E-state index in [9.17, 15) is 9.59 Å². The lowest BCUT2D eigenvalue weighted by molar-refractivity contribution is 0.0664. The zero-order valence-electron chi connectivity index (χ0n) is 22.6. The van der Waals surface area contributed by atoms with Gasteiger partial charge in [-0.25, -0.2) is 0 Å². The Morgan fingerprint density at radius 1 is 1.00 bits per heavy atom. The van der Waals surface area contributed by atoms with Crippen molar-refractivity contribution in [3.8, 4) is 22.4 Å². The van der Waals surface area contributed by atoms with Gasteiger partial charge in [0.25, 0.3) is 11.5 Å². The first kappa shape index (κ1) is 27.1. The molecule has 0 atom stereocenters. The van der Waals surface area contributed by atoms with Gasteiger partial charge in [-0.2, -0.15) is 4.98 Å². The molecule has 1 aliphatic heterocycles. The van der Waals surface area contributed by atoms with E-state index in [-0.39, 0.29) is 17.4 Å². The highest BCUT2D eigenvalue weighted by molar-refractivity contribution is 5.94. The molecule has 2 aromatic heterocycles. The van der Waals surface area contributed by atoms with Gasteiger partial charge in [0.05, 0.1) is 11.3 Å². The van der Waals surface area contributed by atoms with Gasteiger partial charge in [0.1, 0.15) is 0 Å². The number of aromatic nitrogens is 3. The van der Waals surface area contributed by atoms with E-state index in [0.29, 0.717) is 30.0 Å². The van der Waals surface area contributed by atoms with Gasteiger partial charge in [0.15, 0.2) is 5.96 Å². The molecule has 0 spiro atoms. The van der Waals surface area contributed by atoms with Crippen LogP contribution in [0.4, 0.5) is 0 Å². The molecule has 3 heterocycles. The molecule has 11 nitrogen and oxygen atoms in total. The summed E-state index contributed by atoms with van der Waals surface area (Å²) in [5.41, 5.74) is 9.79. The lowest BCUT2D eigenvalue weighted by Crippen LogP contribution is -2.47. The van der Waals surface area contributed by atoms with Crippen LogP contribution in [0, 0.1) is 5.41 Å². The first-order valence-electron chi connectivity index (χ1n) is 13.5. The van der Waals surface area contributed by atoms with Crippen molar-refractivity contribution < 1.29 is 4.79 Å². The number of benzene rings is 2. The highest BCUT2D eigenvalue weighted by Crippen LogP contribution is 2.22. The van der Waals surface area contributed by atoms with Gasteiger partial charge in [-0.05, 0) is 48.8 Å². The molecule has 0 saturated carbocycles. The maximum absolute atomic E-state index is 12.9. The number of carbonyl (C=O) groups is 1. The van der Waals surface area contributed by atoms with Gasteiger partial charge in [-0.15, -0.1) is 0 Å². The van der Waals surface area contributed by atoms with Gasteiger partial charge >= 0.3 is 0 Å². The summed E-state index contributed by atoms with van der Waals surface area (Å²) in [6, 6.07) is 15.4. The molecule has 1 saturated heterocycles. The van der Waals surface area contributed by atoms with Crippen molar-refractivity contribution in [1.29, 1.82) is 5.41 Å². The molecule has 11 heteroatoms. The van der Waals surface area contributed by atoms with Crippen LogP contribution in [-0.4, -0.2) is 82.4 Å². The third kappa shape index (κ3) is 6.38. The summed E-state index contributed by atoms with van der Waals surface area (Å²) < 4.78 is 1.82. The summed E-state index contributed by atoms with van der Waals surface area (Å²) in [6.07, 6.45) is 4.56. The van der Waals surface area contributed by atoms with E-state index in [1.165, 1.54) is 0 Å². The number of nitrogens with one attached hydrogen (secondary N) is 4. The Labute approximate surface area is 232 Å². The second kappa shape index (κ2) is 12.1. The fraction of sp³-hybridized carbons (Fsp3) is 0.310. The molecule has 208 valence electrons. The molecule has 6 N–H and O–H groups in total. The van der Waals surface area contributed by atoms with Crippen LogP contribution < -0.4 is 21.9 Å². The molecule has 5 rings (SSSR count). The second-order valence-electron chi connectivity index (χ2n) is 10.1. The maximum atomic E-state index is 12.9. The minimum Gasteiger partial charge on any atom is -0.370 e. The Kier molecular flexibility index (Phi) is 8.23. The van der Waals surface area contributed by atoms with Crippen molar-refractivity contribution in [3.63, 3.8) is 0 Å². The third-order valence-electron chi connectivity index (χ3n) is 7.14. The quantitative estimate of drug-likeness (QED) is 0.123. The van der Waals surface area contributed by atoms with Crippen molar-refractivity contribution >= 4 is 17.6 Å². The van der Waals surface area contributed by atoms with Gasteiger partial charge in [-0.1, -0.05) is 36.4 Å². The van der Waals surface area contributed by atoms with E-state index in [2.05, 4.69) is 32.5 Å². The van der Waals surface area contributed by atoms with Gasteiger partial charge < -0.3 is 31.2 Å². The third-order valence-corrected chi connectivity index (χ3v) is 7.14. The molecule has 0 radical (unpaired) electrons. The zero-order chi connectivity index (χ0) is 28.1. The Balaban J connectivity index is 1.25. The summed E-state index contributed by atoms with van der Waals surface area (Å²) in [5.74, 6) is 0.497. The number of hydrogen-bond donors (Lipinski definition) is 5. The molecular formula is C29H35N9O2. The molecule has 0 aliphatic carbocycles. The first-order valence-corrected chi connectivity index (χ1v) is 13.5. The predicted octanol–water partition coefficient (Wildman–Crippen LogP) is 1.71. The lowest BCUT2D eigenvalue weighted by Gasteiger charge is -2.32. The van der Waals surface area contributed by atoms with Crippen LogP contribution in [0.15, 0.2) is 65.7 Å². The molecular weight excluding hydrogens is 506 g/mol. The standard InChI is InChI=1S/C29H35N9O2/c1-36-13-15-37(16-14-36)27(40)23-9-7-22(8-10-23)25-19-38-18-24(26(39)35-29(38)34-25)21-5-3-20(4-6-21)17-32-11-2-12-33-28(30)31/h3-10,18-19,32H,2,11-17H2,1H3,(H4,30,31,33)(H,34,35,39). The van der Waals surface area contributed by atoms with Crippen molar-refractivity contribution in [2.24, 2.45) is 5.73 Å². The number of imidazole rings is 1. The van der Waals surface area contributed by atoms with Gasteiger partial charge in [-0.3, -0.25) is 19.4 Å². The minimum atomic E-state index is -0.301. The van der Waals surface area contributed by atoms with Crippen LogP contribution in [0.2, 0.25) is 0 Å². The van der Waals surface area contributed by atoms with Crippen LogP contribution in [0.3, 0.4) is 0 Å². The van der Waals surface area contributed by atoms with Crippen LogP contribution in [0.25, 0.3) is 28.2 Å². The SMILES string of the molecule is CN1CCN(C(=O)c2ccc(-c3cn4cc(-c5ccc(CNCCCNC(=N)N)cc5)c(=O)nc4[nH]3)cc2)CC1. The molecule has 40 heavy (non-hydrogen) atoms. The average Bonchev–Trinajstić information content (AvgIpc) is 3.37. The smallest absolute Gasteiger partial charge is 0.282 e. The number of nitrogens with zero attached hydrogens (tertiary/aromatic N) is 4. The molecule has 1 amide bonds. The fourth-order valence-electron chi connectivity index (χ4n) is 4.75. The van der Waals surface area contributed by atoms with Crippen molar-refractivity contribution in [2.75, 3.05) is 46.3 Å². The monoisotopic (exact) mass is 541 g/mol. The number of rotatable bonds is 9. The summed E-state index contributed by atoms with van der Waals surface area (Å²) in [5, 5.41) is 13.3. The Morgan fingerprint density at radius 3 is 2.40 bits per heavy atom. The topological polar surface area (TPSA) is 148 Å². The van der Waals surface area contributed by atoms with Gasteiger partial charge in [0.2, 0.25) is 5.78 Å². The number of H-pyrrole nitrogens is 1. The Bertz CT molecular complexity index is 1530. The van der Waals surface area contributed by atoms with Gasteiger partial charge in [0, 0.05) is 57.2 Å². The Morgan fingerprint density at radius 2 is 1.70 bits per heavy atom. The highest BCUT2D eigenvalue weighted by Gasteiger charge is 2.20. The highest BCUT2D eigenvalue weighted by atomic mass is 16.2. The first-order chi connectivity index (χ1) is 19.4. The Hall–Kier alpha value is -4.48. The van der Waals surface area contributed by atoms with Crippen LogP contribution in [0.1, 0.15) is 22.3 Å². The summed E-state index contributed by atoms with van der Waals surface area (Å²) in [4.78, 5) is 37.3. The van der Waals surface area contributed by atoms with E-state index in [1.54, 1.807) is 6.20 Å². The number of fused-ring (bicyclic) bond motifs is 1. The lowest BCUT2D eigenvalue weighted by atomic mass is 10.1. The normalized spacial score (nSPS) is 14.0. The van der Waals surface area contributed by atoms with Crippen molar-refractivity contribution in [1.82, 2.24) is 34.8 Å². The number of hydrogen-bond acceptors (Lipinski definition) is 6. The summed E-state index contributed by atoms with van der Waals surface area (Å²) in [7, 11) is 2.07. The zero-order valence-corrected chi connectivity index (χ0v) is 22.6. The van der Waals surface area contributed by atoms with Crippen LogP contribution in [0.5, 0.6) is 0 Å². The average molecular weight is 542 g/mol. The predicted molar refractivity (Wildman–Crippen MR) is 156 cm³/mol. The molecule has 4 aromatic rings. The number of amides is 1. The number of likely N-dealkylation sites (N-methyl/N-ethyl adjacent to an activating group) is 1. The second-order valence-corrected chi connectivity index (χ2v) is 10.1. The van der Waals surface area contributed by atoms with Crippen molar-refractivity contribution in [3.05, 3.63) is 82.4 Å². The number of carbonyl (C=O) groups excluding carboxylic acids is 1. The van der Waals surface area contributed by atoms with E-state index < -0.39 is 0 Å². The molecule has 1 fully saturated rings. The number of piperazine rings is 1. The summed E-state index contributed by atoms with van der Waals surface area (Å²) >= 11 is 0. The molecule has 2 aromatic carbocycles. The maximum Gasteiger partial charge on any atom is 0.282 e. The molecule has 0 bridgehead atoms. The number of guanidine groups is 1. The largest absolute Gasteiger partial charge is 0.370 e. The summed E-state index contributed by atoms with van der Waals surface area (Å²) in [6.45, 7) is 5.41. The fourth-order valence-corrected chi connectivity index (χ4v) is 4.75. The van der Waals surface area contributed by atoms with E-state index >= 15 is 0 Å². The molecule has 0 unspecified atom stereocenters. The van der Waals surface area contributed by atoms with E-state index in [0.717, 1.165) is 61.5 Å². The van der Waals surface area contributed by atoms with Crippen LogP contribution >= 0.6 is 0 Å². The van der Waals surface area contributed by atoms with E-state index in [1.807, 2.05) is 64.0 Å². The molecule has 1 aliphatic rings. The number of aromatic amines is 1. The minimum absolute atomic E-state index is 0.0152. The van der Waals surface area contributed by atoms with Crippen molar-refractivity contribution in [2.45, 2.75) is 13.0 Å². The van der Waals surface area contributed by atoms with E-state index in [4.69, 9.17) is 11.1 Å². The van der Waals surface area contributed by atoms with Crippen LogP contribution in [-0.2, 0) is 6.54 Å². The number of nitrogens with two attached hydrogens (primary N) is 1.